The molecule has 0 N–H and O–H groups in total. The van der Waals surface area contributed by atoms with Crippen LogP contribution in [0.4, 0.5) is 32.0 Å². The predicted octanol–water partition coefficient (Wildman–Crippen LogP) is 4.96. The van der Waals surface area contributed by atoms with E-state index < -0.39 is 29.8 Å². The van der Waals surface area contributed by atoms with Crippen LogP contribution in [0.15, 0.2) is 18.2 Å². The van der Waals surface area contributed by atoms with E-state index in [1.807, 2.05) is 0 Å². The molecule has 2 aliphatic rings. The molecule has 0 atom stereocenters. The lowest BCUT2D eigenvalue weighted by atomic mass is 9.81. The molecule has 0 radical (unpaired) electrons. The molecule has 2 nitrogen and oxygen atoms in total. The first-order valence-corrected chi connectivity index (χ1v) is 8.16. The van der Waals surface area contributed by atoms with Crippen molar-refractivity contribution in [3.8, 4) is 0 Å². The molecule has 1 fully saturated rings. The molecule has 138 valence electrons. The molecule has 1 heterocycles. The van der Waals surface area contributed by atoms with E-state index in [2.05, 4.69) is 0 Å². The van der Waals surface area contributed by atoms with Crippen LogP contribution in [0.3, 0.4) is 0 Å². The number of rotatable bonds is 1. The van der Waals surface area contributed by atoms with Crippen molar-refractivity contribution >= 4 is 11.6 Å². The van der Waals surface area contributed by atoms with E-state index in [1.165, 1.54) is 17.0 Å². The number of carbonyl (C=O) groups excluding carboxylic acids is 1. The summed E-state index contributed by atoms with van der Waals surface area (Å²) >= 11 is 0. The molecule has 1 saturated carbocycles. The molecule has 25 heavy (non-hydrogen) atoms. The third-order valence-electron chi connectivity index (χ3n) is 5.14. The SMILES string of the molecule is O=C(C1CCC(C(F)(F)F)CC1)N1CCc2c1cccc2C(F)(F)F. The third-order valence-corrected chi connectivity index (χ3v) is 5.14. The summed E-state index contributed by atoms with van der Waals surface area (Å²) < 4.78 is 77.4. The molecule has 1 aromatic carbocycles. The van der Waals surface area contributed by atoms with E-state index in [0.29, 0.717) is 0 Å². The van der Waals surface area contributed by atoms with E-state index in [0.717, 1.165) is 6.07 Å². The second kappa shape index (κ2) is 6.21. The third kappa shape index (κ3) is 3.48. The fourth-order valence-electron chi connectivity index (χ4n) is 3.82. The van der Waals surface area contributed by atoms with Gasteiger partial charge in [-0.15, -0.1) is 0 Å². The number of benzene rings is 1. The van der Waals surface area contributed by atoms with Gasteiger partial charge in [0.2, 0.25) is 5.91 Å². The first-order valence-electron chi connectivity index (χ1n) is 8.16. The maximum absolute atomic E-state index is 13.1. The number of fused-ring (bicyclic) bond motifs is 1. The molecule has 1 amide bonds. The lowest BCUT2D eigenvalue weighted by molar-refractivity contribution is -0.184. The van der Waals surface area contributed by atoms with Gasteiger partial charge >= 0.3 is 12.4 Å². The van der Waals surface area contributed by atoms with E-state index in [4.69, 9.17) is 0 Å². The van der Waals surface area contributed by atoms with E-state index in [1.54, 1.807) is 0 Å². The minimum Gasteiger partial charge on any atom is -0.312 e. The number of anilines is 1. The molecule has 0 spiro atoms. The molecular formula is C17H17F6NO. The first kappa shape index (κ1) is 18.1. The summed E-state index contributed by atoms with van der Waals surface area (Å²) in [6.07, 6.45) is -8.62. The number of halogens is 6. The minimum absolute atomic E-state index is 0.0901. The van der Waals surface area contributed by atoms with Crippen molar-refractivity contribution in [3.05, 3.63) is 29.3 Å². The zero-order valence-corrected chi connectivity index (χ0v) is 13.3. The molecule has 0 unspecified atom stereocenters. The maximum Gasteiger partial charge on any atom is 0.416 e. The Balaban J connectivity index is 1.75. The van der Waals surface area contributed by atoms with Crippen LogP contribution in [0.2, 0.25) is 0 Å². The Labute approximate surface area is 140 Å². The van der Waals surface area contributed by atoms with Gasteiger partial charge in [0.1, 0.15) is 0 Å². The van der Waals surface area contributed by atoms with E-state index in [-0.39, 0.29) is 55.8 Å². The zero-order valence-electron chi connectivity index (χ0n) is 13.3. The van der Waals surface area contributed by atoms with Crippen molar-refractivity contribution in [1.82, 2.24) is 0 Å². The van der Waals surface area contributed by atoms with Gasteiger partial charge in [-0.25, -0.2) is 0 Å². The molecule has 0 aromatic heterocycles. The Kier molecular flexibility index (Phi) is 4.49. The summed E-state index contributed by atoms with van der Waals surface area (Å²) in [5.41, 5.74) is -0.425. The highest BCUT2D eigenvalue weighted by atomic mass is 19.4. The van der Waals surface area contributed by atoms with Crippen LogP contribution in [0.5, 0.6) is 0 Å². The average Bonchev–Trinajstić information content (AvgIpc) is 2.96. The molecule has 8 heteroatoms. The monoisotopic (exact) mass is 365 g/mol. The Morgan fingerprint density at radius 1 is 1.00 bits per heavy atom. The molecule has 1 aliphatic heterocycles. The summed E-state index contributed by atoms with van der Waals surface area (Å²) in [6, 6.07) is 3.71. The topological polar surface area (TPSA) is 20.3 Å². The van der Waals surface area contributed by atoms with Crippen LogP contribution < -0.4 is 4.90 Å². The van der Waals surface area contributed by atoms with Crippen molar-refractivity contribution in [2.75, 3.05) is 11.4 Å². The number of alkyl halides is 6. The van der Waals surface area contributed by atoms with Crippen molar-refractivity contribution < 1.29 is 31.1 Å². The molecule has 0 saturated heterocycles. The number of nitrogens with zero attached hydrogens (tertiary/aromatic N) is 1. The van der Waals surface area contributed by atoms with Gasteiger partial charge in [0.05, 0.1) is 11.5 Å². The number of amides is 1. The Hall–Kier alpha value is -1.73. The molecular weight excluding hydrogens is 348 g/mol. The van der Waals surface area contributed by atoms with Crippen LogP contribution in [-0.2, 0) is 17.4 Å². The van der Waals surface area contributed by atoms with Gasteiger partial charge in [-0.3, -0.25) is 4.79 Å². The Morgan fingerprint density at radius 3 is 2.20 bits per heavy atom. The minimum atomic E-state index is -4.49. The molecule has 0 bridgehead atoms. The summed E-state index contributed by atoms with van der Waals surface area (Å²) in [6.45, 7) is 0.139. The van der Waals surface area contributed by atoms with Crippen LogP contribution >= 0.6 is 0 Å². The summed E-state index contributed by atoms with van der Waals surface area (Å²) in [5.74, 6) is -2.31. The fraction of sp³-hybridized carbons (Fsp3) is 0.588. The summed E-state index contributed by atoms with van der Waals surface area (Å²) in [4.78, 5) is 14.0. The number of carbonyl (C=O) groups is 1. The van der Waals surface area contributed by atoms with Gasteiger partial charge in [0.25, 0.3) is 0 Å². The normalized spacial score (nSPS) is 24.3. The maximum atomic E-state index is 13.1. The van der Waals surface area contributed by atoms with E-state index >= 15 is 0 Å². The highest BCUT2D eigenvalue weighted by Gasteiger charge is 2.44. The van der Waals surface area contributed by atoms with Gasteiger partial charge in [0, 0.05) is 18.2 Å². The first-order chi connectivity index (χ1) is 11.6. The van der Waals surface area contributed by atoms with E-state index in [9.17, 15) is 31.1 Å². The van der Waals surface area contributed by atoms with Crippen LogP contribution in [0, 0.1) is 11.8 Å². The van der Waals surface area contributed by atoms with Gasteiger partial charge in [0.15, 0.2) is 0 Å². The van der Waals surface area contributed by atoms with Gasteiger partial charge in [-0.2, -0.15) is 26.3 Å². The van der Waals surface area contributed by atoms with Crippen LogP contribution in [0.1, 0.15) is 36.8 Å². The quantitative estimate of drug-likeness (QED) is 0.644. The van der Waals surface area contributed by atoms with Crippen molar-refractivity contribution in [3.63, 3.8) is 0 Å². The molecule has 3 rings (SSSR count). The van der Waals surface area contributed by atoms with Gasteiger partial charge in [-0.05, 0) is 49.8 Å². The Morgan fingerprint density at radius 2 is 1.64 bits per heavy atom. The largest absolute Gasteiger partial charge is 0.416 e. The second-order valence-corrected chi connectivity index (χ2v) is 6.63. The number of hydrogen-bond donors (Lipinski definition) is 0. The smallest absolute Gasteiger partial charge is 0.312 e. The highest BCUT2D eigenvalue weighted by molar-refractivity contribution is 5.97. The molecule has 1 aliphatic carbocycles. The Bertz CT molecular complexity index is 658. The van der Waals surface area contributed by atoms with Crippen LogP contribution in [-0.4, -0.2) is 18.6 Å². The zero-order chi connectivity index (χ0) is 18.4. The van der Waals surface area contributed by atoms with Crippen molar-refractivity contribution in [2.45, 2.75) is 44.5 Å². The molecule has 1 aromatic rings. The predicted molar refractivity (Wildman–Crippen MR) is 79.0 cm³/mol. The highest BCUT2D eigenvalue weighted by Crippen LogP contribution is 2.43. The van der Waals surface area contributed by atoms with Crippen molar-refractivity contribution in [1.29, 1.82) is 0 Å². The average molecular weight is 365 g/mol. The standard InChI is InChI=1S/C17H17F6NO/c18-16(19,20)11-6-4-10(5-7-11)15(25)24-9-8-12-13(17(21,22)23)2-1-3-14(12)24/h1-3,10-11H,4-9H2. The number of hydrogen-bond acceptors (Lipinski definition) is 1. The lowest BCUT2D eigenvalue weighted by Crippen LogP contribution is -2.38. The summed E-state index contributed by atoms with van der Waals surface area (Å²) in [7, 11) is 0. The van der Waals surface area contributed by atoms with Gasteiger partial charge in [-0.1, -0.05) is 6.07 Å². The van der Waals surface area contributed by atoms with Gasteiger partial charge < -0.3 is 4.90 Å². The second-order valence-electron chi connectivity index (χ2n) is 6.63. The van der Waals surface area contributed by atoms with Crippen LogP contribution in [0.25, 0.3) is 0 Å². The van der Waals surface area contributed by atoms with Crippen molar-refractivity contribution in [2.24, 2.45) is 11.8 Å². The fourth-order valence-corrected chi connectivity index (χ4v) is 3.82. The summed E-state index contributed by atoms with van der Waals surface area (Å²) in [5, 5.41) is 0. The lowest BCUT2D eigenvalue weighted by Gasteiger charge is -2.31.